The number of anilines is 1. The second-order valence-electron chi connectivity index (χ2n) is 5.68. The minimum absolute atomic E-state index is 0.138. The summed E-state index contributed by atoms with van der Waals surface area (Å²) in [6.45, 7) is 3.57. The van der Waals surface area contributed by atoms with Gasteiger partial charge < -0.3 is 20.1 Å². The lowest BCUT2D eigenvalue weighted by Crippen LogP contribution is -2.52. The summed E-state index contributed by atoms with van der Waals surface area (Å²) in [4.78, 5) is 16.4. The van der Waals surface area contributed by atoms with Crippen molar-refractivity contribution in [3.8, 4) is 5.75 Å². The average molecular weight is 287 g/mol. The Hall–Kier alpha value is -2.34. The van der Waals surface area contributed by atoms with Crippen LogP contribution in [-0.2, 0) is 0 Å². The molecule has 3 rings (SSSR count). The van der Waals surface area contributed by atoms with Crippen LogP contribution in [0.15, 0.2) is 41.6 Å². The number of rotatable bonds is 1. The topological polar surface area (TPSA) is 90.4 Å². The summed E-state index contributed by atoms with van der Waals surface area (Å²) in [7, 11) is 0. The van der Waals surface area contributed by atoms with E-state index in [4.69, 9.17) is 10.5 Å². The molecule has 0 aliphatic carbocycles. The maximum absolute atomic E-state index is 12.3. The number of pyridine rings is 2. The van der Waals surface area contributed by atoms with Crippen molar-refractivity contribution in [2.45, 2.75) is 31.6 Å². The Balaban J connectivity index is 2.25. The van der Waals surface area contributed by atoms with Crippen molar-refractivity contribution in [2.75, 3.05) is 5.73 Å². The van der Waals surface area contributed by atoms with Crippen molar-refractivity contribution < 1.29 is 9.84 Å². The van der Waals surface area contributed by atoms with E-state index < -0.39 is 17.7 Å². The molecule has 21 heavy (non-hydrogen) atoms. The fourth-order valence-corrected chi connectivity index (χ4v) is 2.65. The van der Waals surface area contributed by atoms with Crippen LogP contribution < -0.4 is 16.0 Å². The van der Waals surface area contributed by atoms with Crippen molar-refractivity contribution in [2.24, 2.45) is 0 Å². The van der Waals surface area contributed by atoms with Gasteiger partial charge in [0.15, 0.2) is 0 Å². The molecule has 2 atom stereocenters. The van der Waals surface area contributed by atoms with E-state index in [0.717, 1.165) is 0 Å². The quantitative estimate of drug-likeness (QED) is 0.815. The Morgan fingerprint density at radius 2 is 2.19 bits per heavy atom. The summed E-state index contributed by atoms with van der Waals surface area (Å²) < 4.78 is 7.25. The van der Waals surface area contributed by atoms with E-state index in [-0.39, 0.29) is 11.2 Å². The molecule has 0 spiro atoms. The Morgan fingerprint density at radius 3 is 2.95 bits per heavy atom. The largest absolute Gasteiger partial charge is 0.485 e. The van der Waals surface area contributed by atoms with Gasteiger partial charge in [-0.25, -0.2) is 0 Å². The molecule has 0 saturated heterocycles. The smallest absolute Gasteiger partial charge is 0.274 e. The highest BCUT2D eigenvalue weighted by atomic mass is 16.5. The number of aliphatic hydroxyl groups excluding tert-OH is 1. The predicted octanol–water partition coefficient (Wildman–Crippen LogP) is 0.947. The molecular formula is C15H17N3O3. The zero-order valence-electron chi connectivity index (χ0n) is 11.9. The molecule has 2 aromatic rings. The number of hydrogen-bond donors (Lipinski definition) is 2. The van der Waals surface area contributed by atoms with Gasteiger partial charge in [-0.05, 0) is 32.0 Å². The van der Waals surface area contributed by atoms with E-state index >= 15 is 0 Å². The minimum atomic E-state index is -0.909. The van der Waals surface area contributed by atoms with E-state index in [9.17, 15) is 9.90 Å². The number of ether oxygens (including phenoxy) is 1. The van der Waals surface area contributed by atoms with E-state index in [1.807, 2.05) is 0 Å². The molecule has 3 N–H and O–H groups in total. The van der Waals surface area contributed by atoms with Gasteiger partial charge in [0.1, 0.15) is 17.5 Å². The third kappa shape index (κ3) is 2.08. The van der Waals surface area contributed by atoms with Crippen LogP contribution in [0, 0.1) is 0 Å². The van der Waals surface area contributed by atoms with Gasteiger partial charge in [0.05, 0.1) is 11.7 Å². The zero-order valence-corrected chi connectivity index (χ0v) is 11.9. The predicted molar refractivity (Wildman–Crippen MR) is 78.2 cm³/mol. The molecule has 0 bridgehead atoms. The summed E-state index contributed by atoms with van der Waals surface area (Å²) in [5.41, 5.74) is 5.33. The normalized spacial score (nSPS) is 23.2. The van der Waals surface area contributed by atoms with Crippen LogP contribution >= 0.6 is 0 Å². The lowest BCUT2D eigenvalue weighted by Gasteiger charge is -2.42. The number of hydrogen-bond acceptors (Lipinski definition) is 5. The molecule has 0 radical (unpaired) electrons. The first kappa shape index (κ1) is 13.6. The number of fused-ring (bicyclic) bond motifs is 1. The van der Waals surface area contributed by atoms with Gasteiger partial charge in [0.25, 0.3) is 5.56 Å². The molecule has 2 aromatic heterocycles. The first-order valence-corrected chi connectivity index (χ1v) is 6.69. The number of aromatic nitrogens is 2. The van der Waals surface area contributed by atoms with Crippen LogP contribution in [0.25, 0.3) is 0 Å². The van der Waals surface area contributed by atoms with E-state index in [1.165, 1.54) is 4.57 Å². The van der Waals surface area contributed by atoms with Gasteiger partial charge in [-0.1, -0.05) is 0 Å². The van der Waals surface area contributed by atoms with E-state index in [1.54, 1.807) is 50.6 Å². The first-order chi connectivity index (χ1) is 9.92. The van der Waals surface area contributed by atoms with Crippen molar-refractivity contribution in [1.29, 1.82) is 0 Å². The Kier molecular flexibility index (Phi) is 2.98. The first-order valence-electron chi connectivity index (χ1n) is 6.69. The number of nitrogens with two attached hydrogens (primary N) is 1. The number of aliphatic hydroxyl groups is 1. The van der Waals surface area contributed by atoms with Crippen LogP contribution in [0.1, 0.15) is 25.5 Å². The minimum Gasteiger partial charge on any atom is -0.485 e. The van der Waals surface area contributed by atoms with Gasteiger partial charge in [-0.3, -0.25) is 9.78 Å². The van der Waals surface area contributed by atoms with Gasteiger partial charge >= 0.3 is 0 Å². The molecule has 0 amide bonds. The maximum atomic E-state index is 12.3. The Morgan fingerprint density at radius 1 is 1.43 bits per heavy atom. The van der Waals surface area contributed by atoms with Crippen LogP contribution in [0.5, 0.6) is 5.75 Å². The van der Waals surface area contributed by atoms with Crippen molar-refractivity contribution in [3.63, 3.8) is 0 Å². The van der Waals surface area contributed by atoms with Crippen molar-refractivity contribution in [3.05, 3.63) is 52.7 Å². The summed E-state index contributed by atoms with van der Waals surface area (Å²) in [5.74, 6) is 0.611. The summed E-state index contributed by atoms with van der Waals surface area (Å²) in [6.07, 6.45) is 3.93. The standard InChI is InChI=1S/C15H17N3O3/c1-15(2)13(19)12(9-8-17-6-5-11(9)21-15)18-7-3-4-10(16)14(18)20/h3-8,12-13,19H,16H2,1-2H3. The summed E-state index contributed by atoms with van der Waals surface area (Å²) >= 11 is 0. The van der Waals surface area contributed by atoms with Crippen LogP contribution in [0.3, 0.4) is 0 Å². The highest BCUT2D eigenvalue weighted by Crippen LogP contribution is 2.40. The van der Waals surface area contributed by atoms with Gasteiger partial charge in [-0.15, -0.1) is 0 Å². The number of nitrogen functional groups attached to an aromatic ring is 1. The van der Waals surface area contributed by atoms with Crippen LogP contribution in [0.2, 0.25) is 0 Å². The number of nitrogens with zero attached hydrogens (tertiary/aromatic N) is 2. The molecule has 0 fully saturated rings. The molecule has 0 aromatic carbocycles. The highest BCUT2D eigenvalue weighted by Gasteiger charge is 2.44. The average Bonchev–Trinajstić information content (AvgIpc) is 2.44. The molecule has 1 aliphatic heterocycles. The molecule has 2 unspecified atom stereocenters. The SMILES string of the molecule is CC1(C)Oc2ccncc2C(n2cccc(N)c2=O)C1O. The molecule has 0 saturated carbocycles. The van der Waals surface area contributed by atoms with Gasteiger partial charge in [0, 0.05) is 24.2 Å². The molecule has 6 nitrogen and oxygen atoms in total. The zero-order chi connectivity index (χ0) is 15.2. The summed E-state index contributed by atoms with van der Waals surface area (Å²) in [6, 6.07) is 4.36. The summed E-state index contributed by atoms with van der Waals surface area (Å²) in [5, 5.41) is 10.7. The second-order valence-corrected chi connectivity index (χ2v) is 5.68. The Labute approximate surface area is 121 Å². The van der Waals surface area contributed by atoms with Gasteiger partial charge in [0.2, 0.25) is 0 Å². The Bertz CT molecular complexity index is 739. The maximum Gasteiger partial charge on any atom is 0.274 e. The van der Waals surface area contributed by atoms with Gasteiger partial charge in [-0.2, -0.15) is 0 Å². The molecule has 6 heteroatoms. The monoisotopic (exact) mass is 287 g/mol. The lowest BCUT2D eigenvalue weighted by atomic mass is 9.87. The molecular weight excluding hydrogens is 270 g/mol. The fourth-order valence-electron chi connectivity index (χ4n) is 2.65. The van der Waals surface area contributed by atoms with E-state index in [2.05, 4.69) is 4.98 Å². The van der Waals surface area contributed by atoms with Crippen LogP contribution in [0.4, 0.5) is 5.69 Å². The molecule has 110 valence electrons. The highest BCUT2D eigenvalue weighted by molar-refractivity contribution is 5.40. The third-order valence-corrected chi connectivity index (χ3v) is 3.82. The molecule has 3 heterocycles. The van der Waals surface area contributed by atoms with E-state index in [0.29, 0.717) is 11.3 Å². The third-order valence-electron chi connectivity index (χ3n) is 3.82. The fraction of sp³-hybridized carbons (Fsp3) is 0.333. The van der Waals surface area contributed by atoms with Crippen molar-refractivity contribution >= 4 is 5.69 Å². The lowest BCUT2D eigenvalue weighted by molar-refractivity contribution is -0.0644. The molecule has 1 aliphatic rings. The van der Waals surface area contributed by atoms with Crippen LogP contribution in [-0.4, -0.2) is 26.4 Å². The second kappa shape index (κ2) is 4.60. The van der Waals surface area contributed by atoms with Crippen molar-refractivity contribution in [1.82, 2.24) is 9.55 Å².